The van der Waals surface area contributed by atoms with Crippen molar-refractivity contribution < 1.29 is 24.3 Å². The van der Waals surface area contributed by atoms with Crippen molar-refractivity contribution in [2.75, 3.05) is 19.6 Å². The van der Waals surface area contributed by atoms with Gasteiger partial charge in [-0.15, -0.1) is 0 Å². The average molecular weight is 399 g/mol. The van der Waals surface area contributed by atoms with E-state index in [1.54, 1.807) is 13.8 Å². The largest absolute Gasteiger partial charge is 0.480 e. The monoisotopic (exact) mass is 399 g/mol. The molecule has 28 heavy (non-hydrogen) atoms. The maximum atomic E-state index is 12.5. The molecule has 0 aromatic rings. The standard InChI is InChI=1S/C18H33N5O5/c1-11(2)15(22-16(25)12(20)6-3-4-8-19)17(26)21-10-14(24)23-9-5-7-13(23)18(27)28/h11-13,15H,3-10,19-20H2,1-2H3,(H,21,26)(H,22,25)(H,27,28). The maximum absolute atomic E-state index is 12.5. The highest BCUT2D eigenvalue weighted by molar-refractivity contribution is 5.92. The van der Waals surface area contributed by atoms with Crippen LogP contribution in [-0.4, -0.2) is 71.5 Å². The van der Waals surface area contributed by atoms with Crippen LogP contribution in [0.15, 0.2) is 0 Å². The van der Waals surface area contributed by atoms with Gasteiger partial charge >= 0.3 is 5.97 Å². The molecular formula is C18H33N5O5. The minimum atomic E-state index is -1.05. The Labute approximate surface area is 165 Å². The third-order valence-electron chi connectivity index (χ3n) is 4.82. The Hall–Kier alpha value is -2.20. The Morgan fingerprint density at radius 3 is 2.43 bits per heavy atom. The zero-order valence-corrected chi connectivity index (χ0v) is 16.6. The second-order valence-corrected chi connectivity index (χ2v) is 7.42. The van der Waals surface area contributed by atoms with Crippen LogP contribution in [0.1, 0.15) is 46.0 Å². The summed E-state index contributed by atoms with van der Waals surface area (Å²) >= 11 is 0. The first kappa shape index (κ1) is 23.8. The predicted molar refractivity (Wildman–Crippen MR) is 103 cm³/mol. The molecule has 1 fully saturated rings. The normalized spacial score (nSPS) is 18.6. The number of nitrogens with one attached hydrogen (secondary N) is 2. The molecule has 10 nitrogen and oxygen atoms in total. The molecule has 3 amide bonds. The van der Waals surface area contributed by atoms with E-state index in [1.165, 1.54) is 4.90 Å². The van der Waals surface area contributed by atoms with E-state index in [9.17, 15) is 19.2 Å². The van der Waals surface area contributed by atoms with E-state index in [4.69, 9.17) is 16.6 Å². The van der Waals surface area contributed by atoms with E-state index in [0.717, 1.165) is 12.8 Å². The van der Waals surface area contributed by atoms with Gasteiger partial charge in [-0.1, -0.05) is 20.3 Å². The number of rotatable bonds is 11. The van der Waals surface area contributed by atoms with Crippen molar-refractivity contribution in [2.45, 2.75) is 64.1 Å². The first-order valence-corrected chi connectivity index (χ1v) is 9.75. The molecular weight excluding hydrogens is 366 g/mol. The van der Waals surface area contributed by atoms with Gasteiger partial charge in [-0.05, 0) is 38.1 Å². The van der Waals surface area contributed by atoms with Gasteiger partial charge in [0.25, 0.3) is 0 Å². The van der Waals surface area contributed by atoms with Crippen LogP contribution in [0.5, 0.6) is 0 Å². The van der Waals surface area contributed by atoms with Crippen molar-refractivity contribution >= 4 is 23.7 Å². The molecule has 3 atom stereocenters. The molecule has 0 aromatic heterocycles. The quantitative estimate of drug-likeness (QED) is 0.271. The van der Waals surface area contributed by atoms with Gasteiger partial charge in [-0.3, -0.25) is 14.4 Å². The SMILES string of the molecule is CC(C)C(NC(=O)C(N)CCCCN)C(=O)NCC(=O)N1CCCC1C(=O)O. The van der Waals surface area contributed by atoms with Crippen LogP contribution in [0.25, 0.3) is 0 Å². The first-order valence-electron chi connectivity index (χ1n) is 9.75. The van der Waals surface area contributed by atoms with Crippen LogP contribution in [0.2, 0.25) is 0 Å². The molecule has 0 bridgehead atoms. The molecule has 0 spiro atoms. The van der Waals surface area contributed by atoms with Crippen LogP contribution >= 0.6 is 0 Å². The Kier molecular flexibility index (Phi) is 9.88. The van der Waals surface area contributed by atoms with E-state index in [2.05, 4.69) is 10.6 Å². The fourth-order valence-electron chi connectivity index (χ4n) is 3.13. The highest BCUT2D eigenvalue weighted by atomic mass is 16.4. The van der Waals surface area contributed by atoms with Gasteiger partial charge in [0.1, 0.15) is 12.1 Å². The minimum Gasteiger partial charge on any atom is -0.480 e. The molecule has 10 heteroatoms. The van der Waals surface area contributed by atoms with E-state index in [1.807, 2.05) is 0 Å². The lowest BCUT2D eigenvalue weighted by Gasteiger charge is -2.25. The summed E-state index contributed by atoms with van der Waals surface area (Å²) in [5.41, 5.74) is 11.3. The number of amides is 3. The number of nitrogens with two attached hydrogens (primary N) is 2. The van der Waals surface area contributed by atoms with Crippen molar-refractivity contribution in [3.05, 3.63) is 0 Å². The lowest BCUT2D eigenvalue weighted by atomic mass is 10.0. The van der Waals surface area contributed by atoms with Crippen molar-refractivity contribution in [2.24, 2.45) is 17.4 Å². The molecule has 7 N–H and O–H groups in total. The zero-order valence-electron chi connectivity index (χ0n) is 16.6. The van der Waals surface area contributed by atoms with Crippen LogP contribution in [0.4, 0.5) is 0 Å². The van der Waals surface area contributed by atoms with Crippen LogP contribution in [0, 0.1) is 5.92 Å². The number of carboxylic acids is 1. The molecule has 3 unspecified atom stereocenters. The Balaban J connectivity index is 2.57. The summed E-state index contributed by atoms with van der Waals surface area (Å²) in [5, 5.41) is 14.3. The van der Waals surface area contributed by atoms with Crippen LogP contribution < -0.4 is 22.1 Å². The summed E-state index contributed by atoms with van der Waals surface area (Å²) in [6, 6.07) is -2.42. The lowest BCUT2D eigenvalue weighted by molar-refractivity contribution is -0.148. The van der Waals surface area contributed by atoms with Gasteiger partial charge in [0.15, 0.2) is 0 Å². The molecule has 0 radical (unpaired) electrons. The molecule has 1 saturated heterocycles. The first-order chi connectivity index (χ1) is 13.2. The fraction of sp³-hybridized carbons (Fsp3) is 0.778. The van der Waals surface area contributed by atoms with E-state index < -0.39 is 41.8 Å². The fourth-order valence-corrected chi connectivity index (χ4v) is 3.13. The third-order valence-corrected chi connectivity index (χ3v) is 4.82. The number of unbranched alkanes of at least 4 members (excludes halogenated alkanes) is 1. The van der Waals surface area contributed by atoms with Crippen molar-refractivity contribution in [3.63, 3.8) is 0 Å². The number of nitrogens with zero attached hydrogens (tertiary/aromatic N) is 1. The van der Waals surface area contributed by atoms with Gasteiger partial charge in [-0.2, -0.15) is 0 Å². The Morgan fingerprint density at radius 1 is 1.18 bits per heavy atom. The molecule has 0 aliphatic carbocycles. The van der Waals surface area contributed by atoms with E-state index >= 15 is 0 Å². The number of carbonyl (C=O) groups is 4. The number of carbonyl (C=O) groups excluding carboxylic acids is 3. The molecule has 1 rings (SSSR count). The number of likely N-dealkylation sites (tertiary alicyclic amines) is 1. The molecule has 1 aliphatic heterocycles. The predicted octanol–water partition coefficient (Wildman–Crippen LogP) is -1.22. The summed E-state index contributed by atoms with van der Waals surface area (Å²) < 4.78 is 0. The van der Waals surface area contributed by atoms with Crippen molar-refractivity contribution in [1.29, 1.82) is 0 Å². The summed E-state index contributed by atoms with van der Waals surface area (Å²) in [6.45, 7) is 4.11. The van der Waals surface area contributed by atoms with Gasteiger partial charge in [0, 0.05) is 6.54 Å². The topological polar surface area (TPSA) is 168 Å². The van der Waals surface area contributed by atoms with E-state index in [-0.39, 0.29) is 12.5 Å². The van der Waals surface area contributed by atoms with Crippen molar-refractivity contribution in [3.8, 4) is 0 Å². The average Bonchev–Trinajstić information content (AvgIpc) is 3.13. The zero-order chi connectivity index (χ0) is 21.3. The Bertz CT molecular complexity index is 569. The summed E-state index contributed by atoms with van der Waals surface area (Å²) in [7, 11) is 0. The second kappa shape index (κ2) is 11.6. The highest BCUT2D eigenvalue weighted by Crippen LogP contribution is 2.17. The third kappa shape index (κ3) is 7.08. The lowest BCUT2D eigenvalue weighted by Crippen LogP contribution is -2.55. The summed E-state index contributed by atoms with van der Waals surface area (Å²) in [6.07, 6.45) is 2.98. The van der Waals surface area contributed by atoms with Gasteiger partial charge in [-0.25, -0.2) is 4.79 Å². The van der Waals surface area contributed by atoms with Crippen molar-refractivity contribution in [1.82, 2.24) is 15.5 Å². The highest BCUT2D eigenvalue weighted by Gasteiger charge is 2.34. The summed E-state index contributed by atoms with van der Waals surface area (Å²) in [4.78, 5) is 49.4. The number of hydrogen-bond acceptors (Lipinski definition) is 6. The molecule has 160 valence electrons. The second-order valence-electron chi connectivity index (χ2n) is 7.42. The molecule has 0 aromatic carbocycles. The number of hydrogen-bond donors (Lipinski definition) is 5. The van der Waals surface area contributed by atoms with Gasteiger partial charge in [0.05, 0.1) is 12.6 Å². The minimum absolute atomic E-state index is 0.214. The van der Waals surface area contributed by atoms with Gasteiger partial charge in [0.2, 0.25) is 17.7 Å². The number of aliphatic carboxylic acids is 1. The van der Waals surface area contributed by atoms with Crippen LogP contribution in [0.3, 0.4) is 0 Å². The molecule has 0 saturated carbocycles. The van der Waals surface area contributed by atoms with E-state index in [0.29, 0.717) is 32.4 Å². The summed E-state index contributed by atoms with van der Waals surface area (Å²) in [5.74, 6) is -2.65. The number of carboxylic acid groups (broad SMARTS) is 1. The van der Waals surface area contributed by atoms with Crippen LogP contribution in [-0.2, 0) is 19.2 Å². The molecule has 1 aliphatic rings. The Morgan fingerprint density at radius 2 is 1.86 bits per heavy atom. The van der Waals surface area contributed by atoms with Gasteiger partial charge < -0.3 is 32.1 Å². The molecule has 1 heterocycles. The maximum Gasteiger partial charge on any atom is 0.326 e. The smallest absolute Gasteiger partial charge is 0.326 e.